The van der Waals surface area contributed by atoms with E-state index in [0.29, 0.717) is 42.2 Å². The van der Waals surface area contributed by atoms with E-state index in [1.807, 2.05) is 0 Å². The van der Waals surface area contributed by atoms with E-state index >= 15 is 0 Å². The number of hydrogen-bond donors (Lipinski definition) is 1. The van der Waals surface area contributed by atoms with E-state index in [-0.39, 0.29) is 6.10 Å². The first kappa shape index (κ1) is 16.8. The van der Waals surface area contributed by atoms with Gasteiger partial charge in [0.2, 0.25) is 5.91 Å². The predicted octanol–water partition coefficient (Wildman–Crippen LogP) is 2.66. The Morgan fingerprint density at radius 1 is 1.08 bits per heavy atom. The molecule has 26 heavy (non-hydrogen) atoms. The molecule has 0 aromatic heterocycles. The Kier molecular flexibility index (Phi) is 4.29. The lowest BCUT2D eigenvalue weighted by Gasteiger charge is -2.60. The largest absolute Gasteiger partial charge is 0.392 e. The fourth-order valence-corrected chi connectivity index (χ4v) is 6.54. The molecule has 4 aliphatic rings. The van der Waals surface area contributed by atoms with Crippen molar-refractivity contribution in [3.05, 3.63) is 35.9 Å². The number of piperidine rings is 3. The third kappa shape index (κ3) is 2.69. The second-order valence-electron chi connectivity index (χ2n) is 8.91. The van der Waals surface area contributed by atoms with Crippen LogP contribution in [0, 0.1) is 17.8 Å². The third-order valence-electron chi connectivity index (χ3n) is 7.54. The molecule has 1 amide bonds. The zero-order chi connectivity index (χ0) is 17.7. The van der Waals surface area contributed by atoms with E-state index in [1.165, 1.54) is 12.0 Å². The van der Waals surface area contributed by atoms with Gasteiger partial charge in [-0.2, -0.15) is 0 Å². The summed E-state index contributed by atoms with van der Waals surface area (Å²) in [5.41, 5.74) is 1.35. The van der Waals surface area contributed by atoms with Crippen LogP contribution in [0.3, 0.4) is 0 Å². The van der Waals surface area contributed by atoms with Gasteiger partial charge in [-0.15, -0.1) is 0 Å². The molecule has 0 radical (unpaired) electrons. The summed E-state index contributed by atoms with van der Waals surface area (Å²) in [5.74, 6) is 1.54. The SMILES string of the molecule is O=C1CCC[C@@H]2[C@@H]3C[C@@H](CN12)[C@H]1[C@H](CCCN1Cc1ccccc1)[C@H]3O. The number of likely N-dealkylation sites (tertiary alicyclic amines) is 1. The summed E-state index contributed by atoms with van der Waals surface area (Å²) in [6.07, 6.45) is 5.97. The summed E-state index contributed by atoms with van der Waals surface area (Å²) >= 11 is 0. The van der Waals surface area contributed by atoms with Crippen LogP contribution in [0.4, 0.5) is 0 Å². The molecule has 0 unspecified atom stereocenters. The smallest absolute Gasteiger partial charge is 0.222 e. The Labute approximate surface area is 156 Å². The van der Waals surface area contributed by atoms with Gasteiger partial charge >= 0.3 is 0 Å². The van der Waals surface area contributed by atoms with Crippen molar-refractivity contribution in [1.82, 2.24) is 9.80 Å². The fourth-order valence-electron chi connectivity index (χ4n) is 6.54. The third-order valence-corrected chi connectivity index (χ3v) is 7.54. The molecule has 0 spiro atoms. The van der Waals surface area contributed by atoms with Crippen molar-refractivity contribution >= 4 is 5.91 Å². The van der Waals surface area contributed by atoms with Crippen LogP contribution < -0.4 is 0 Å². The van der Waals surface area contributed by atoms with Crippen molar-refractivity contribution in [2.45, 2.75) is 63.3 Å². The Morgan fingerprint density at radius 2 is 1.92 bits per heavy atom. The normalized spacial score (nSPS) is 40.0. The summed E-state index contributed by atoms with van der Waals surface area (Å²) < 4.78 is 0. The molecule has 4 heteroatoms. The molecule has 4 fully saturated rings. The summed E-state index contributed by atoms with van der Waals surface area (Å²) in [6.45, 7) is 2.99. The number of carbonyl (C=O) groups excluding carboxylic acids is 1. The molecule has 3 saturated heterocycles. The van der Waals surface area contributed by atoms with E-state index < -0.39 is 0 Å². The lowest BCUT2D eigenvalue weighted by molar-refractivity contribution is -0.166. The van der Waals surface area contributed by atoms with Crippen LogP contribution in [-0.4, -0.2) is 52.1 Å². The first-order valence-corrected chi connectivity index (χ1v) is 10.5. The predicted molar refractivity (Wildman–Crippen MR) is 100 cm³/mol. The van der Waals surface area contributed by atoms with Crippen molar-refractivity contribution < 1.29 is 9.90 Å². The summed E-state index contributed by atoms with van der Waals surface area (Å²) in [7, 11) is 0. The van der Waals surface area contributed by atoms with E-state index in [9.17, 15) is 9.90 Å². The zero-order valence-corrected chi connectivity index (χ0v) is 15.5. The number of nitrogens with zero attached hydrogens (tertiary/aromatic N) is 2. The van der Waals surface area contributed by atoms with Gasteiger partial charge in [0, 0.05) is 43.4 Å². The molecule has 4 nitrogen and oxygen atoms in total. The number of fused-ring (bicyclic) bond motifs is 6. The van der Waals surface area contributed by atoms with E-state index in [1.54, 1.807) is 0 Å². The number of aliphatic hydroxyl groups excluding tert-OH is 1. The maximum atomic E-state index is 12.5. The van der Waals surface area contributed by atoms with Crippen molar-refractivity contribution in [1.29, 1.82) is 0 Å². The number of carbonyl (C=O) groups is 1. The maximum Gasteiger partial charge on any atom is 0.222 e. The molecular formula is C22H30N2O2. The van der Waals surface area contributed by atoms with Gasteiger partial charge < -0.3 is 10.0 Å². The quantitative estimate of drug-likeness (QED) is 0.888. The number of benzene rings is 1. The fraction of sp³-hybridized carbons (Fsp3) is 0.682. The van der Waals surface area contributed by atoms with Crippen LogP contribution in [0.5, 0.6) is 0 Å². The summed E-state index contributed by atoms with van der Waals surface area (Å²) in [5, 5.41) is 11.3. The molecular weight excluding hydrogens is 324 g/mol. The Balaban J connectivity index is 1.43. The minimum Gasteiger partial charge on any atom is -0.392 e. The Hall–Kier alpha value is -1.39. The van der Waals surface area contributed by atoms with Gasteiger partial charge in [-0.25, -0.2) is 0 Å². The van der Waals surface area contributed by atoms with Crippen LogP contribution in [0.15, 0.2) is 30.3 Å². The van der Waals surface area contributed by atoms with Gasteiger partial charge in [0.1, 0.15) is 0 Å². The molecule has 1 aliphatic carbocycles. The standard InChI is InChI=1S/C22H30N2O2/c25-20-10-4-9-19-18-12-16(14-24(19)20)21-17(22(18)26)8-5-11-23(21)13-15-6-2-1-3-7-15/h1-3,6-7,16-19,21-22,26H,4-5,8-14H2/t16-,17-,18-,19+,21-,22+/m0/s1. The minimum absolute atomic E-state index is 0.242. The van der Waals surface area contributed by atoms with E-state index in [0.717, 1.165) is 45.3 Å². The number of rotatable bonds is 2. The van der Waals surface area contributed by atoms with Gasteiger partial charge in [-0.05, 0) is 50.1 Å². The molecule has 1 aromatic carbocycles. The first-order chi connectivity index (χ1) is 12.7. The highest BCUT2D eigenvalue weighted by molar-refractivity contribution is 5.77. The lowest BCUT2D eigenvalue weighted by Crippen LogP contribution is -2.67. The second-order valence-corrected chi connectivity index (χ2v) is 8.91. The monoisotopic (exact) mass is 354 g/mol. The summed E-state index contributed by atoms with van der Waals surface area (Å²) in [4.78, 5) is 17.3. The highest BCUT2D eigenvalue weighted by Gasteiger charge is 2.54. The van der Waals surface area contributed by atoms with Crippen molar-refractivity contribution in [3.8, 4) is 0 Å². The number of hydrogen-bond acceptors (Lipinski definition) is 3. The Bertz CT molecular complexity index is 663. The average Bonchev–Trinajstić information content (AvgIpc) is 2.67. The maximum absolute atomic E-state index is 12.5. The minimum atomic E-state index is -0.242. The van der Waals surface area contributed by atoms with Crippen LogP contribution in [0.25, 0.3) is 0 Å². The van der Waals surface area contributed by atoms with Crippen LogP contribution >= 0.6 is 0 Å². The van der Waals surface area contributed by atoms with Crippen LogP contribution in [0.1, 0.15) is 44.1 Å². The molecule has 140 valence electrons. The van der Waals surface area contributed by atoms with Crippen molar-refractivity contribution in [3.63, 3.8) is 0 Å². The van der Waals surface area contributed by atoms with Crippen molar-refractivity contribution in [2.75, 3.05) is 13.1 Å². The molecule has 6 atom stereocenters. The van der Waals surface area contributed by atoms with Crippen molar-refractivity contribution in [2.24, 2.45) is 17.8 Å². The van der Waals surface area contributed by atoms with Crippen LogP contribution in [-0.2, 0) is 11.3 Å². The van der Waals surface area contributed by atoms with E-state index in [4.69, 9.17) is 0 Å². The van der Waals surface area contributed by atoms with E-state index in [2.05, 4.69) is 40.1 Å². The highest BCUT2D eigenvalue weighted by Crippen LogP contribution is 2.48. The molecule has 1 aromatic rings. The molecule has 3 heterocycles. The molecule has 5 rings (SSSR count). The molecule has 2 bridgehead atoms. The Morgan fingerprint density at radius 3 is 2.77 bits per heavy atom. The van der Waals surface area contributed by atoms with Crippen LogP contribution in [0.2, 0.25) is 0 Å². The van der Waals surface area contributed by atoms with Gasteiger partial charge in [-0.3, -0.25) is 9.69 Å². The highest BCUT2D eigenvalue weighted by atomic mass is 16.3. The lowest BCUT2D eigenvalue weighted by atomic mass is 9.61. The molecule has 3 aliphatic heterocycles. The molecule has 1 N–H and O–H groups in total. The van der Waals surface area contributed by atoms with Gasteiger partial charge in [-0.1, -0.05) is 30.3 Å². The topological polar surface area (TPSA) is 43.8 Å². The average molecular weight is 354 g/mol. The second kappa shape index (κ2) is 6.65. The van der Waals surface area contributed by atoms with Gasteiger partial charge in [0.15, 0.2) is 0 Å². The van der Waals surface area contributed by atoms with Gasteiger partial charge in [0.05, 0.1) is 6.10 Å². The number of aliphatic hydroxyl groups is 1. The molecule has 1 saturated carbocycles. The number of amides is 1. The summed E-state index contributed by atoms with van der Waals surface area (Å²) in [6, 6.07) is 11.4. The first-order valence-electron chi connectivity index (χ1n) is 10.5. The zero-order valence-electron chi connectivity index (χ0n) is 15.5. The van der Waals surface area contributed by atoms with Gasteiger partial charge in [0.25, 0.3) is 0 Å².